The largest absolute Gasteiger partial charge is 0.306 e. The molecule has 0 spiro atoms. The van der Waals surface area contributed by atoms with Crippen LogP contribution in [0.15, 0.2) is 243 Å². The van der Waals surface area contributed by atoms with Crippen LogP contribution in [0, 0.1) is 22.7 Å². The summed E-state index contributed by atoms with van der Waals surface area (Å²) >= 11 is 3.63. The summed E-state index contributed by atoms with van der Waals surface area (Å²) in [5, 5.41) is 39.1. The number of hydrogen-bond acceptors (Lipinski definition) is 4. The molecule has 0 fully saturated rings. The molecule has 0 saturated carbocycles. The van der Waals surface area contributed by atoms with Crippen molar-refractivity contribution in [2.24, 2.45) is 0 Å². The zero-order chi connectivity index (χ0) is 53.9. The highest BCUT2D eigenvalue weighted by molar-refractivity contribution is 7.27. The summed E-state index contributed by atoms with van der Waals surface area (Å²) in [6, 6.07) is 92.4. The van der Waals surface area contributed by atoms with E-state index in [0.717, 1.165) is 98.4 Å². The minimum Gasteiger partial charge on any atom is -0.306 e. The predicted octanol–water partition coefficient (Wildman–Crippen LogP) is 20.2. The molecule has 0 aliphatic carbocycles. The highest BCUT2D eigenvalue weighted by Gasteiger charge is 2.35. The Balaban J connectivity index is 1.13. The number of fused-ring (bicyclic) bond motifs is 19. The normalized spacial score (nSPS) is 12.1. The van der Waals surface area contributed by atoms with Crippen molar-refractivity contribution in [1.82, 2.24) is 18.3 Å². The van der Waals surface area contributed by atoms with E-state index < -0.39 is 0 Å². The lowest BCUT2D eigenvalue weighted by molar-refractivity contribution is 1.02. The van der Waals surface area contributed by atoms with Gasteiger partial charge in [-0.25, -0.2) is 0 Å². The summed E-state index contributed by atoms with van der Waals surface area (Å²) in [6.45, 7) is 0. The third-order valence-corrected chi connectivity index (χ3v) is 19.6. The lowest BCUT2D eigenvalue weighted by Gasteiger charge is -2.27. The monoisotopic (exact) mass is 1080 g/mol. The van der Waals surface area contributed by atoms with Crippen LogP contribution in [0.5, 0.6) is 0 Å². The first-order valence-corrected chi connectivity index (χ1v) is 29.1. The van der Waals surface area contributed by atoms with Crippen molar-refractivity contribution < 1.29 is 0 Å². The van der Waals surface area contributed by atoms with Gasteiger partial charge in [0, 0.05) is 83.4 Å². The zero-order valence-electron chi connectivity index (χ0n) is 43.6. The number of hydrogen-bond donors (Lipinski definition) is 0. The molecule has 0 amide bonds. The molecule has 18 rings (SSSR count). The van der Waals surface area contributed by atoms with Gasteiger partial charge in [0.25, 0.3) is 0 Å². The van der Waals surface area contributed by atoms with E-state index in [0.29, 0.717) is 33.9 Å². The highest BCUT2D eigenvalue weighted by Crippen LogP contribution is 2.51. The average Bonchev–Trinajstić information content (AvgIpc) is 1.84. The summed E-state index contributed by atoms with van der Waals surface area (Å²) in [7, 11) is 0. The van der Waals surface area contributed by atoms with E-state index >= 15 is 0 Å². The fourth-order valence-electron chi connectivity index (χ4n) is 14.0. The van der Waals surface area contributed by atoms with Crippen molar-refractivity contribution >= 4 is 150 Å². The molecule has 6 aromatic heterocycles. The predicted molar refractivity (Wildman–Crippen MR) is 344 cm³/mol. The van der Waals surface area contributed by atoms with Crippen LogP contribution in [0.2, 0.25) is 0 Å². The molecule has 378 valence electrons. The Kier molecular flexibility index (Phi) is 9.30. The molecular weight excluding hydrogens is 1040 g/mol. The van der Waals surface area contributed by atoms with Crippen molar-refractivity contribution in [2.75, 3.05) is 0 Å². The van der Waals surface area contributed by atoms with Crippen molar-refractivity contribution in [3.63, 3.8) is 0 Å². The summed E-state index contributed by atoms with van der Waals surface area (Å²) < 4.78 is 14.0. The van der Waals surface area contributed by atoms with Crippen LogP contribution >= 0.6 is 22.7 Å². The maximum atomic E-state index is 13.0. The lowest BCUT2D eigenvalue weighted by Crippen LogP contribution is -2.16. The van der Waals surface area contributed by atoms with E-state index in [-0.39, 0.29) is 0 Å². The molecule has 0 N–H and O–H groups in total. The third kappa shape index (κ3) is 5.93. The minimum absolute atomic E-state index is 0.422. The van der Waals surface area contributed by atoms with E-state index in [1.165, 1.54) is 40.3 Å². The zero-order valence-corrected chi connectivity index (χ0v) is 45.2. The molecule has 0 unspecified atom stereocenters. The Bertz CT molecular complexity index is 5780. The van der Waals surface area contributed by atoms with Crippen LogP contribution in [0.4, 0.5) is 0 Å². The topological polar surface area (TPSA) is 67.3 Å². The van der Waals surface area contributed by atoms with Crippen LogP contribution in [-0.2, 0) is 0 Å². The second-order valence-corrected chi connectivity index (χ2v) is 23.4. The second kappa shape index (κ2) is 16.9. The van der Waals surface area contributed by atoms with E-state index in [1.54, 1.807) is 0 Å². The number of rotatable bonds is 5. The SMILES string of the molecule is N#Cc1c(-n2c3ccccc3c3ccccc32)c(-n2c3ccccc3c3ccccc32)c(C#N)c(-n2c3cc(-c4cccc5sc6ccccc6c45)ccc3c3c4sc5ccccc5c4ccc32)c1-n1c2ccccc2c2ccccc21. The van der Waals surface area contributed by atoms with Gasteiger partial charge in [0.2, 0.25) is 0 Å². The minimum atomic E-state index is 0.422. The fraction of sp³-hybridized carbons (Fsp3) is 0. The van der Waals surface area contributed by atoms with Crippen LogP contribution < -0.4 is 0 Å². The maximum absolute atomic E-state index is 13.0. The number of nitriles is 2. The van der Waals surface area contributed by atoms with Gasteiger partial charge < -0.3 is 18.3 Å². The van der Waals surface area contributed by atoms with Crippen molar-refractivity contribution in [1.29, 1.82) is 10.5 Å². The van der Waals surface area contributed by atoms with Gasteiger partial charge in [0.1, 0.15) is 23.3 Å². The molecular formula is C74H40N6S2. The molecule has 8 heteroatoms. The van der Waals surface area contributed by atoms with Crippen molar-refractivity contribution in [3.05, 3.63) is 254 Å². The number of thiophene rings is 2. The molecule has 0 saturated heterocycles. The van der Waals surface area contributed by atoms with Gasteiger partial charge in [-0.15, -0.1) is 22.7 Å². The van der Waals surface area contributed by atoms with Crippen LogP contribution in [0.25, 0.3) is 161 Å². The number of nitrogens with zero attached hydrogens (tertiary/aromatic N) is 6. The first kappa shape index (κ1) is 45.2. The van der Waals surface area contributed by atoms with Crippen LogP contribution in [0.3, 0.4) is 0 Å². The molecule has 0 atom stereocenters. The summed E-state index contributed by atoms with van der Waals surface area (Å²) in [4.78, 5) is 0. The summed E-state index contributed by atoms with van der Waals surface area (Å²) in [6.07, 6.45) is 0. The second-order valence-electron chi connectivity index (χ2n) is 21.3. The number of aromatic nitrogens is 4. The Hall–Kier alpha value is -10.7. The van der Waals surface area contributed by atoms with E-state index in [1.807, 2.05) is 22.7 Å². The van der Waals surface area contributed by atoms with Gasteiger partial charge in [0.05, 0.1) is 66.9 Å². The average molecular weight is 1080 g/mol. The first-order chi connectivity index (χ1) is 40.7. The van der Waals surface area contributed by atoms with Gasteiger partial charge in [-0.2, -0.15) is 10.5 Å². The fourth-order valence-corrected chi connectivity index (χ4v) is 16.4. The first-order valence-electron chi connectivity index (χ1n) is 27.5. The molecule has 12 aromatic carbocycles. The van der Waals surface area contributed by atoms with Gasteiger partial charge in [0.15, 0.2) is 0 Å². The Labute approximate surface area is 475 Å². The molecule has 0 aliphatic heterocycles. The molecule has 0 radical (unpaired) electrons. The Morgan fingerprint density at radius 3 is 1.11 bits per heavy atom. The van der Waals surface area contributed by atoms with E-state index in [9.17, 15) is 10.5 Å². The molecule has 6 nitrogen and oxygen atoms in total. The molecule has 6 heterocycles. The number of para-hydroxylation sites is 6. The number of benzene rings is 12. The summed E-state index contributed by atoms with van der Waals surface area (Å²) in [5.74, 6) is 0. The molecule has 82 heavy (non-hydrogen) atoms. The Morgan fingerprint density at radius 2 is 0.646 bits per heavy atom. The van der Waals surface area contributed by atoms with Gasteiger partial charge in [-0.05, 0) is 77.9 Å². The molecule has 0 aliphatic rings. The third-order valence-electron chi connectivity index (χ3n) is 17.2. The molecule has 0 bridgehead atoms. The van der Waals surface area contributed by atoms with Gasteiger partial charge >= 0.3 is 0 Å². The van der Waals surface area contributed by atoms with Crippen LogP contribution in [0.1, 0.15) is 11.1 Å². The quantitative estimate of drug-likeness (QED) is 0.172. The molecule has 18 aromatic rings. The Morgan fingerprint density at radius 1 is 0.268 bits per heavy atom. The maximum Gasteiger partial charge on any atom is 0.104 e. The lowest BCUT2D eigenvalue weighted by atomic mass is 9.97. The van der Waals surface area contributed by atoms with Crippen LogP contribution in [-0.4, -0.2) is 18.3 Å². The van der Waals surface area contributed by atoms with E-state index in [2.05, 4.69) is 273 Å². The van der Waals surface area contributed by atoms with Crippen molar-refractivity contribution in [2.45, 2.75) is 0 Å². The standard InChI is InChI=1S/C74H40N6S2/c75-41-55-70(77-57-27-9-1-18-45(57)46-19-2-10-28-58(46)77)71(78-59-29-11-3-20-47(59)48-21-4-12-30-60(48)78)56(42-76)73(72(55)79-61-31-13-5-22-49(61)50-23-6-14-32-62(50)79)80-63-39-38-52-51-24-7-15-33-65(51)82-74(52)69(63)53-37-36-43(40-64(53)80)44-26-17-35-67-68(44)54-25-8-16-34-66(54)81-67/h1-40H. The van der Waals surface area contributed by atoms with Gasteiger partial charge in [-0.1, -0.05) is 176 Å². The van der Waals surface area contributed by atoms with Crippen molar-refractivity contribution in [3.8, 4) is 46.0 Å². The van der Waals surface area contributed by atoms with E-state index in [4.69, 9.17) is 0 Å². The smallest absolute Gasteiger partial charge is 0.104 e. The summed E-state index contributed by atoms with van der Waals surface area (Å²) in [5.41, 5.74) is 12.9. The highest BCUT2D eigenvalue weighted by atomic mass is 32.1. The van der Waals surface area contributed by atoms with Gasteiger partial charge in [-0.3, -0.25) is 0 Å².